The second kappa shape index (κ2) is 8.26. The first kappa shape index (κ1) is 20.1. The fourth-order valence-electron chi connectivity index (χ4n) is 2.42. The van der Waals surface area contributed by atoms with Crippen LogP contribution in [-0.4, -0.2) is 29.5 Å². The van der Waals surface area contributed by atoms with Crippen LogP contribution in [0.2, 0.25) is 0 Å². The molecule has 132 valence electrons. The highest BCUT2D eigenvalue weighted by Crippen LogP contribution is 2.18. The molecular weight excluding hydrogens is 336 g/mol. The molecule has 0 atom stereocenters. The van der Waals surface area contributed by atoms with Gasteiger partial charge in [-0.2, -0.15) is 0 Å². The van der Waals surface area contributed by atoms with Crippen molar-refractivity contribution in [3.05, 3.63) is 58.9 Å². The smallest absolute Gasteiger partial charge is 0.277 e. The Labute approximate surface area is 146 Å². The number of alkyl halides is 2. The summed E-state index contributed by atoms with van der Waals surface area (Å²) in [7, 11) is 0. The average Bonchev–Trinajstić information content (AvgIpc) is 2.82. The van der Waals surface area contributed by atoms with Gasteiger partial charge in [0, 0.05) is 17.9 Å². The van der Waals surface area contributed by atoms with E-state index in [-0.39, 0.29) is 12.4 Å². The van der Waals surface area contributed by atoms with Crippen molar-refractivity contribution in [2.45, 2.75) is 26.3 Å². The van der Waals surface area contributed by atoms with E-state index in [9.17, 15) is 13.6 Å². The van der Waals surface area contributed by atoms with Crippen LogP contribution in [0.3, 0.4) is 0 Å². The van der Waals surface area contributed by atoms with Crippen LogP contribution in [0.1, 0.15) is 27.3 Å². The molecule has 4 nitrogen and oxygen atoms in total. The van der Waals surface area contributed by atoms with E-state index in [0.717, 1.165) is 17.0 Å². The van der Waals surface area contributed by atoms with Crippen LogP contribution in [-0.2, 0) is 6.54 Å². The van der Waals surface area contributed by atoms with Crippen LogP contribution in [0.5, 0.6) is 0 Å². The number of hydrogen-bond acceptors (Lipinski definition) is 2. The summed E-state index contributed by atoms with van der Waals surface area (Å²) in [4.78, 5) is 12.1. The number of hydrogen-bond donors (Lipinski definition) is 2. The predicted molar refractivity (Wildman–Crippen MR) is 93.0 cm³/mol. The normalized spacial score (nSPS) is 11.0. The Kier molecular flexibility index (Phi) is 6.93. The maximum absolute atomic E-state index is 13.2. The molecule has 0 saturated heterocycles. The van der Waals surface area contributed by atoms with Crippen molar-refractivity contribution in [1.82, 2.24) is 9.88 Å². The summed E-state index contributed by atoms with van der Waals surface area (Å²) < 4.78 is 28.3. The van der Waals surface area contributed by atoms with Crippen LogP contribution >= 0.6 is 12.4 Å². The van der Waals surface area contributed by atoms with Crippen molar-refractivity contribution >= 4 is 18.3 Å². The molecule has 2 aromatic rings. The lowest BCUT2D eigenvalue weighted by Gasteiger charge is -2.14. The van der Waals surface area contributed by atoms with Crippen molar-refractivity contribution in [3.8, 4) is 0 Å². The Balaban J connectivity index is 0.00000288. The molecule has 0 aliphatic heterocycles. The van der Waals surface area contributed by atoms with E-state index < -0.39 is 24.9 Å². The van der Waals surface area contributed by atoms with Gasteiger partial charge >= 0.3 is 0 Å². The summed E-state index contributed by atoms with van der Waals surface area (Å²) in [5.41, 5.74) is 8.14. The van der Waals surface area contributed by atoms with E-state index in [1.165, 1.54) is 0 Å². The van der Waals surface area contributed by atoms with Crippen molar-refractivity contribution in [1.29, 1.82) is 0 Å². The highest BCUT2D eigenvalue weighted by atomic mass is 35.5. The highest BCUT2D eigenvalue weighted by molar-refractivity contribution is 5.95. The molecule has 1 heterocycles. The monoisotopic (exact) mass is 357 g/mol. The number of aromatic nitrogens is 1. The van der Waals surface area contributed by atoms with Crippen LogP contribution in [0.25, 0.3) is 0 Å². The summed E-state index contributed by atoms with van der Waals surface area (Å²) in [5.74, 6) is -3.60. The van der Waals surface area contributed by atoms with Gasteiger partial charge in [0.25, 0.3) is 11.8 Å². The summed E-state index contributed by atoms with van der Waals surface area (Å²) >= 11 is 0. The van der Waals surface area contributed by atoms with Crippen LogP contribution in [0.4, 0.5) is 8.78 Å². The minimum Gasteiger partial charge on any atom is -0.346 e. The van der Waals surface area contributed by atoms with Crippen LogP contribution in [0.15, 0.2) is 36.4 Å². The Morgan fingerprint density at radius 3 is 2.46 bits per heavy atom. The molecule has 1 amide bonds. The molecule has 0 aliphatic rings. The van der Waals surface area contributed by atoms with Gasteiger partial charge in [0.15, 0.2) is 0 Å². The number of benzene rings is 1. The zero-order valence-electron chi connectivity index (χ0n) is 13.7. The summed E-state index contributed by atoms with van der Waals surface area (Å²) in [6.45, 7) is 2.78. The maximum atomic E-state index is 13.2. The van der Waals surface area contributed by atoms with Gasteiger partial charge in [-0.05, 0) is 25.5 Å². The standard InChI is InChI=1S/C17H21F2N3O.ClH/c1-12-8-15(16(23)21-11-17(18,19)10-20)13(2)22(12)9-14-6-4-3-5-7-14;/h3-8H,9-11,20H2,1-2H3,(H,21,23);1H. The van der Waals surface area contributed by atoms with E-state index in [1.807, 2.05) is 48.7 Å². The van der Waals surface area contributed by atoms with Gasteiger partial charge < -0.3 is 15.6 Å². The first-order valence-electron chi connectivity index (χ1n) is 7.41. The number of carbonyl (C=O) groups excluding carboxylic acids is 1. The van der Waals surface area contributed by atoms with E-state index in [4.69, 9.17) is 5.73 Å². The van der Waals surface area contributed by atoms with Gasteiger partial charge in [0.2, 0.25) is 0 Å². The van der Waals surface area contributed by atoms with E-state index in [1.54, 1.807) is 6.07 Å². The molecule has 0 fully saturated rings. The van der Waals surface area contributed by atoms with Gasteiger partial charge in [-0.1, -0.05) is 30.3 Å². The molecule has 0 aliphatic carbocycles. The first-order valence-corrected chi connectivity index (χ1v) is 7.41. The minimum absolute atomic E-state index is 0. The molecular formula is C17H22ClF2N3O. The summed E-state index contributed by atoms with van der Waals surface area (Å²) in [6, 6.07) is 11.6. The number of amides is 1. The largest absolute Gasteiger partial charge is 0.346 e. The molecule has 0 bridgehead atoms. The molecule has 0 radical (unpaired) electrons. The van der Waals surface area contributed by atoms with Crippen LogP contribution in [0, 0.1) is 13.8 Å². The molecule has 3 N–H and O–H groups in total. The van der Waals surface area contributed by atoms with Gasteiger partial charge in [-0.25, -0.2) is 8.78 Å². The quantitative estimate of drug-likeness (QED) is 0.835. The predicted octanol–water partition coefficient (Wildman–Crippen LogP) is 2.90. The molecule has 24 heavy (non-hydrogen) atoms. The van der Waals surface area contributed by atoms with Gasteiger partial charge in [0.1, 0.15) is 0 Å². The molecule has 2 rings (SSSR count). The topological polar surface area (TPSA) is 60.1 Å². The molecule has 0 spiro atoms. The zero-order chi connectivity index (χ0) is 17.0. The third-order valence-electron chi connectivity index (χ3n) is 3.81. The molecule has 0 unspecified atom stereocenters. The molecule has 1 aromatic heterocycles. The molecule has 0 saturated carbocycles. The van der Waals surface area contributed by atoms with Gasteiger partial charge in [-0.15, -0.1) is 12.4 Å². The summed E-state index contributed by atoms with van der Waals surface area (Å²) in [5, 5.41) is 2.25. The van der Waals surface area contributed by atoms with E-state index >= 15 is 0 Å². The average molecular weight is 358 g/mol. The number of nitrogens with one attached hydrogen (secondary N) is 1. The first-order chi connectivity index (χ1) is 10.8. The SMILES string of the molecule is Cc1cc(C(=O)NCC(F)(F)CN)c(C)n1Cc1ccccc1.Cl. The lowest BCUT2D eigenvalue weighted by molar-refractivity contribution is 0.0118. The van der Waals surface area contributed by atoms with Gasteiger partial charge in [-0.3, -0.25) is 4.79 Å². The fraction of sp³-hybridized carbons (Fsp3) is 0.353. The number of rotatable bonds is 6. The second-order valence-electron chi connectivity index (χ2n) is 5.60. The molecule has 1 aromatic carbocycles. The zero-order valence-corrected chi connectivity index (χ0v) is 14.5. The Bertz CT molecular complexity index is 687. The lowest BCUT2D eigenvalue weighted by atomic mass is 10.2. The Hall–Kier alpha value is -1.92. The number of nitrogens with two attached hydrogens (primary N) is 1. The number of carbonyl (C=O) groups is 1. The minimum atomic E-state index is -3.09. The van der Waals surface area contributed by atoms with Crippen molar-refractivity contribution in [2.75, 3.05) is 13.1 Å². The third kappa shape index (κ3) is 4.79. The number of halogens is 3. The summed E-state index contributed by atoms with van der Waals surface area (Å²) in [6.07, 6.45) is 0. The number of nitrogens with zero attached hydrogens (tertiary/aromatic N) is 1. The molecule has 7 heteroatoms. The Morgan fingerprint density at radius 2 is 1.88 bits per heavy atom. The van der Waals surface area contributed by atoms with Crippen molar-refractivity contribution in [2.24, 2.45) is 5.73 Å². The van der Waals surface area contributed by atoms with Crippen LogP contribution < -0.4 is 11.1 Å². The van der Waals surface area contributed by atoms with Crippen molar-refractivity contribution < 1.29 is 13.6 Å². The second-order valence-corrected chi connectivity index (χ2v) is 5.60. The highest BCUT2D eigenvalue weighted by Gasteiger charge is 2.28. The maximum Gasteiger partial charge on any atom is 0.277 e. The third-order valence-corrected chi connectivity index (χ3v) is 3.81. The van der Waals surface area contributed by atoms with Gasteiger partial charge in [0.05, 0.1) is 18.7 Å². The Morgan fingerprint density at radius 1 is 1.25 bits per heavy atom. The van der Waals surface area contributed by atoms with E-state index in [2.05, 4.69) is 5.32 Å². The number of aryl methyl sites for hydroxylation is 1. The lowest BCUT2D eigenvalue weighted by Crippen LogP contribution is -2.41. The van der Waals surface area contributed by atoms with Crippen molar-refractivity contribution in [3.63, 3.8) is 0 Å². The fourth-order valence-corrected chi connectivity index (χ4v) is 2.42. The van der Waals surface area contributed by atoms with E-state index in [0.29, 0.717) is 12.1 Å².